The lowest BCUT2D eigenvalue weighted by atomic mass is 10.2. The Hall–Kier alpha value is -3.11. The Balaban J connectivity index is 1.59. The lowest BCUT2D eigenvalue weighted by Gasteiger charge is -2.05. The third-order valence-corrected chi connectivity index (χ3v) is 5.00. The standard InChI is InChI=1S/C19H18N4O4S2/c1-3-26-19(25)17-18(29-23-22-17)21-16(24)8-7-13-5-4-6-15(9-13)27-10-14-11-28-12(2)20-14/h4-9,11H,3,10H2,1-2H3,(H,21,24)/b8-7+. The summed E-state index contributed by atoms with van der Waals surface area (Å²) in [5.41, 5.74) is 1.66. The Labute approximate surface area is 175 Å². The average molecular weight is 431 g/mol. The molecule has 0 aliphatic carbocycles. The molecule has 0 atom stereocenters. The fourth-order valence-corrected chi connectivity index (χ4v) is 3.43. The minimum atomic E-state index is -0.624. The first kappa shape index (κ1) is 20.6. The van der Waals surface area contributed by atoms with Gasteiger partial charge in [-0.05, 0) is 37.6 Å². The highest BCUT2D eigenvalue weighted by atomic mass is 32.1. The van der Waals surface area contributed by atoms with Gasteiger partial charge in [0.25, 0.3) is 0 Å². The van der Waals surface area contributed by atoms with Crippen molar-refractivity contribution < 1.29 is 19.1 Å². The molecule has 0 aliphatic rings. The van der Waals surface area contributed by atoms with Crippen LogP contribution in [0.3, 0.4) is 0 Å². The number of carbonyl (C=O) groups is 2. The second-order valence-corrected chi connectivity index (χ2v) is 7.53. The van der Waals surface area contributed by atoms with Crippen LogP contribution in [0.4, 0.5) is 5.00 Å². The molecule has 1 N–H and O–H groups in total. The summed E-state index contributed by atoms with van der Waals surface area (Å²) in [6.07, 6.45) is 3.01. The van der Waals surface area contributed by atoms with Crippen LogP contribution >= 0.6 is 22.9 Å². The van der Waals surface area contributed by atoms with E-state index in [1.54, 1.807) is 24.3 Å². The van der Waals surface area contributed by atoms with Gasteiger partial charge in [-0.15, -0.1) is 16.4 Å². The molecule has 0 radical (unpaired) electrons. The molecule has 8 nitrogen and oxygen atoms in total. The number of nitrogens with one attached hydrogen (secondary N) is 1. The van der Waals surface area contributed by atoms with Gasteiger partial charge in [0.1, 0.15) is 12.4 Å². The van der Waals surface area contributed by atoms with Crippen molar-refractivity contribution >= 4 is 45.8 Å². The van der Waals surface area contributed by atoms with E-state index in [2.05, 4.69) is 19.9 Å². The minimum absolute atomic E-state index is 0.00808. The number of anilines is 1. The first-order valence-corrected chi connectivity index (χ1v) is 10.3. The number of hydrogen-bond donors (Lipinski definition) is 1. The molecule has 3 rings (SSSR count). The van der Waals surface area contributed by atoms with Crippen molar-refractivity contribution in [2.24, 2.45) is 0 Å². The molecular formula is C19H18N4O4S2. The topological polar surface area (TPSA) is 103 Å². The van der Waals surface area contributed by atoms with E-state index in [0.29, 0.717) is 12.4 Å². The van der Waals surface area contributed by atoms with E-state index in [0.717, 1.165) is 27.8 Å². The van der Waals surface area contributed by atoms with E-state index in [9.17, 15) is 9.59 Å². The highest BCUT2D eigenvalue weighted by molar-refractivity contribution is 7.10. The number of nitrogens with zero attached hydrogens (tertiary/aromatic N) is 3. The van der Waals surface area contributed by atoms with Crippen LogP contribution in [0.15, 0.2) is 35.7 Å². The van der Waals surface area contributed by atoms with Gasteiger partial charge in [-0.25, -0.2) is 9.78 Å². The van der Waals surface area contributed by atoms with Crippen LogP contribution in [-0.2, 0) is 16.1 Å². The molecule has 2 aromatic heterocycles. The molecular weight excluding hydrogens is 412 g/mol. The Bertz CT molecular complexity index is 1030. The van der Waals surface area contributed by atoms with Gasteiger partial charge >= 0.3 is 5.97 Å². The monoisotopic (exact) mass is 430 g/mol. The highest BCUT2D eigenvalue weighted by Gasteiger charge is 2.18. The van der Waals surface area contributed by atoms with E-state index in [1.165, 1.54) is 6.08 Å². The molecule has 150 valence electrons. The Morgan fingerprint density at radius 3 is 2.93 bits per heavy atom. The van der Waals surface area contributed by atoms with Crippen molar-refractivity contribution in [2.45, 2.75) is 20.5 Å². The molecule has 0 bridgehead atoms. The van der Waals surface area contributed by atoms with Crippen molar-refractivity contribution in [2.75, 3.05) is 11.9 Å². The van der Waals surface area contributed by atoms with Crippen molar-refractivity contribution in [3.8, 4) is 5.75 Å². The van der Waals surface area contributed by atoms with Gasteiger partial charge in [0.2, 0.25) is 11.6 Å². The van der Waals surface area contributed by atoms with Crippen molar-refractivity contribution in [1.82, 2.24) is 14.6 Å². The predicted octanol–water partition coefficient (Wildman–Crippen LogP) is 3.71. The molecule has 1 aromatic carbocycles. The zero-order valence-corrected chi connectivity index (χ0v) is 17.4. The van der Waals surface area contributed by atoms with Crippen LogP contribution in [-0.4, -0.2) is 33.1 Å². The molecule has 0 spiro atoms. The van der Waals surface area contributed by atoms with Crippen LogP contribution in [0.1, 0.15) is 33.7 Å². The second kappa shape index (κ2) is 9.89. The third kappa shape index (κ3) is 5.93. The Morgan fingerprint density at radius 1 is 1.31 bits per heavy atom. The Morgan fingerprint density at radius 2 is 2.17 bits per heavy atom. The van der Waals surface area contributed by atoms with Gasteiger partial charge in [-0.3, -0.25) is 4.79 Å². The number of benzene rings is 1. The van der Waals surface area contributed by atoms with Crippen LogP contribution < -0.4 is 10.1 Å². The third-order valence-electron chi connectivity index (χ3n) is 3.53. The Kier molecular flexibility index (Phi) is 7.04. The van der Waals surface area contributed by atoms with Gasteiger partial charge in [0.05, 0.1) is 17.3 Å². The maximum atomic E-state index is 12.2. The van der Waals surface area contributed by atoms with E-state index in [-0.39, 0.29) is 17.3 Å². The molecule has 0 saturated carbocycles. The molecule has 0 saturated heterocycles. The lowest BCUT2D eigenvalue weighted by Crippen LogP contribution is -2.12. The summed E-state index contributed by atoms with van der Waals surface area (Å²) in [5.74, 6) is -0.360. The van der Waals surface area contributed by atoms with Gasteiger partial charge < -0.3 is 14.8 Å². The number of carbonyl (C=O) groups excluding carboxylic acids is 2. The summed E-state index contributed by atoms with van der Waals surface area (Å²) >= 11 is 2.49. The number of esters is 1. The molecule has 0 unspecified atom stereocenters. The van der Waals surface area contributed by atoms with Crippen LogP contribution in [0.2, 0.25) is 0 Å². The second-order valence-electron chi connectivity index (χ2n) is 5.71. The van der Waals surface area contributed by atoms with E-state index in [1.807, 2.05) is 36.6 Å². The largest absolute Gasteiger partial charge is 0.487 e. The summed E-state index contributed by atoms with van der Waals surface area (Å²) in [6.45, 7) is 4.23. The van der Waals surface area contributed by atoms with Crippen molar-refractivity contribution in [1.29, 1.82) is 0 Å². The molecule has 0 aliphatic heterocycles. The quantitative estimate of drug-likeness (QED) is 0.429. The number of amides is 1. The van der Waals surface area contributed by atoms with Gasteiger partial charge in [0, 0.05) is 23.0 Å². The smallest absolute Gasteiger partial charge is 0.362 e. The van der Waals surface area contributed by atoms with Crippen LogP contribution in [0.5, 0.6) is 5.75 Å². The van der Waals surface area contributed by atoms with Gasteiger partial charge in [-0.1, -0.05) is 16.6 Å². The maximum Gasteiger partial charge on any atom is 0.362 e. The number of aromatic nitrogens is 3. The summed E-state index contributed by atoms with van der Waals surface area (Å²) in [5, 5.41) is 9.49. The normalized spacial score (nSPS) is 10.8. The fourth-order valence-electron chi connectivity index (χ4n) is 2.27. The zero-order valence-electron chi connectivity index (χ0n) is 15.7. The number of rotatable bonds is 8. The highest BCUT2D eigenvalue weighted by Crippen LogP contribution is 2.20. The van der Waals surface area contributed by atoms with Gasteiger partial charge in [0.15, 0.2) is 5.00 Å². The van der Waals surface area contributed by atoms with Crippen molar-refractivity contribution in [3.05, 3.63) is 57.7 Å². The molecule has 3 aromatic rings. The minimum Gasteiger partial charge on any atom is -0.487 e. The molecule has 0 fully saturated rings. The molecule has 29 heavy (non-hydrogen) atoms. The first-order chi connectivity index (χ1) is 14.0. The first-order valence-electron chi connectivity index (χ1n) is 8.67. The zero-order chi connectivity index (χ0) is 20.6. The maximum absolute atomic E-state index is 12.2. The predicted molar refractivity (Wildman–Crippen MR) is 111 cm³/mol. The lowest BCUT2D eigenvalue weighted by molar-refractivity contribution is -0.111. The van der Waals surface area contributed by atoms with Crippen LogP contribution in [0.25, 0.3) is 6.08 Å². The van der Waals surface area contributed by atoms with E-state index in [4.69, 9.17) is 9.47 Å². The number of thiazole rings is 1. The summed E-state index contributed by atoms with van der Waals surface area (Å²) in [4.78, 5) is 28.3. The molecule has 1 amide bonds. The summed E-state index contributed by atoms with van der Waals surface area (Å²) in [6, 6.07) is 7.35. The SMILES string of the molecule is CCOC(=O)c1nnsc1NC(=O)/C=C/c1cccc(OCc2csc(C)n2)c1. The van der Waals surface area contributed by atoms with Crippen molar-refractivity contribution in [3.63, 3.8) is 0 Å². The van der Waals surface area contributed by atoms with E-state index >= 15 is 0 Å². The van der Waals surface area contributed by atoms with Crippen LogP contribution in [0, 0.1) is 6.92 Å². The summed E-state index contributed by atoms with van der Waals surface area (Å²) < 4.78 is 14.3. The molecule has 10 heteroatoms. The number of aryl methyl sites for hydroxylation is 1. The number of ether oxygens (including phenoxy) is 2. The van der Waals surface area contributed by atoms with Gasteiger partial charge in [-0.2, -0.15) is 0 Å². The average Bonchev–Trinajstić information content (AvgIpc) is 3.34. The molecule has 2 heterocycles. The fraction of sp³-hybridized carbons (Fsp3) is 0.211. The summed E-state index contributed by atoms with van der Waals surface area (Å²) in [7, 11) is 0. The number of hydrogen-bond acceptors (Lipinski definition) is 9. The van der Waals surface area contributed by atoms with E-state index < -0.39 is 11.9 Å².